The average Bonchev–Trinajstić information content (AvgIpc) is 2.83. The second-order valence-electron chi connectivity index (χ2n) is 4.10. The molecule has 3 heteroatoms. The molecule has 0 fully saturated rings. The summed E-state index contributed by atoms with van der Waals surface area (Å²) < 4.78 is 0. The van der Waals surface area contributed by atoms with Crippen molar-refractivity contribution >= 4 is 22.6 Å². The Labute approximate surface area is 118 Å². The summed E-state index contributed by atoms with van der Waals surface area (Å²) in [7, 11) is 0. The van der Waals surface area contributed by atoms with Crippen LogP contribution in [0, 0.1) is 6.92 Å². The predicted octanol–water partition coefficient (Wildman–Crippen LogP) is 5.22. The Morgan fingerprint density at radius 2 is 1.74 bits per heavy atom. The lowest BCUT2D eigenvalue weighted by Gasteiger charge is -2.02. The largest absolute Gasteiger partial charge is 0.346 e. The maximum Gasteiger partial charge on any atom is 0.137 e. The molecule has 0 bridgehead atoms. The van der Waals surface area contributed by atoms with Crippen LogP contribution in [0.15, 0.2) is 42.7 Å². The van der Waals surface area contributed by atoms with Crippen molar-refractivity contribution in [3.05, 3.63) is 53.3 Å². The standard InChI is InChI=1S/C14H11ClN2.C2H6/c1-9-7-16-14-13(9)6-11(8-17-14)10-2-4-12(15)5-3-10;1-2/h2-8H,1H3,(H,16,17);1-2H3. The van der Waals surface area contributed by atoms with Crippen LogP contribution in [0.4, 0.5) is 0 Å². The van der Waals surface area contributed by atoms with Crippen LogP contribution in [0.3, 0.4) is 0 Å². The van der Waals surface area contributed by atoms with Crippen LogP contribution in [0.1, 0.15) is 19.4 Å². The van der Waals surface area contributed by atoms with Crippen molar-refractivity contribution in [1.29, 1.82) is 0 Å². The van der Waals surface area contributed by atoms with E-state index in [2.05, 4.69) is 23.0 Å². The highest BCUT2D eigenvalue weighted by Crippen LogP contribution is 2.25. The highest BCUT2D eigenvalue weighted by Gasteiger charge is 2.04. The number of fused-ring (bicyclic) bond motifs is 1. The SMILES string of the molecule is CC.Cc1c[nH]c2ncc(-c3ccc(Cl)cc3)cc12. The van der Waals surface area contributed by atoms with Crippen LogP contribution in [0.25, 0.3) is 22.2 Å². The van der Waals surface area contributed by atoms with Gasteiger partial charge >= 0.3 is 0 Å². The first-order valence-electron chi connectivity index (χ1n) is 6.44. The van der Waals surface area contributed by atoms with Gasteiger partial charge in [0.15, 0.2) is 0 Å². The van der Waals surface area contributed by atoms with E-state index >= 15 is 0 Å². The summed E-state index contributed by atoms with van der Waals surface area (Å²) in [5, 5.41) is 1.91. The molecule has 2 aromatic heterocycles. The van der Waals surface area contributed by atoms with Crippen LogP contribution >= 0.6 is 11.6 Å². The topological polar surface area (TPSA) is 28.7 Å². The molecule has 0 atom stereocenters. The first-order chi connectivity index (χ1) is 9.24. The minimum Gasteiger partial charge on any atom is -0.346 e. The third-order valence-corrected chi connectivity index (χ3v) is 3.17. The average molecular weight is 273 g/mol. The maximum absolute atomic E-state index is 5.88. The third-order valence-electron chi connectivity index (χ3n) is 2.92. The van der Waals surface area contributed by atoms with Crippen molar-refractivity contribution < 1.29 is 0 Å². The molecule has 2 nitrogen and oxygen atoms in total. The van der Waals surface area contributed by atoms with Crippen molar-refractivity contribution in [1.82, 2.24) is 9.97 Å². The van der Waals surface area contributed by atoms with Crippen LogP contribution in [0.2, 0.25) is 5.02 Å². The molecule has 0 aliphatic heterocycles. The molecule has 98 valence electrons. The zero-order valence-electron chi connectivity index (χ0n) is 11.4. The molecular weight excluding hydrogens is 256 g/mol. The number of halogens is 1. The van der Waals surface area contributed by atoms with E-state index in [0.29, 0.717) is 0 Å². The lowest BCUT2D eigenvalue weighted by molar-refractivity contribution is 1.32. The molecule has 0 aliphatic carbocycles. The van der Waals surface area contributed by atoms with Crippen LogP contribution in [-0.2, 0) is 0 Å². The van der Waals surface area contributed by atoms with Crippen molar-refractivity contribution in [2.45, 2.75) is 20.8 Å². The van der Waals surface area contributed by atoms with E-state index in [0.717, 1.165) is 27.2 Å². The summed E-state index contributed by atoms with van der Waals surface area (Å²) in [4.78, 5) is 7.56. The fourth-order valence-electron chi connectivity index (χ4n) is 1.93. The summed E-state index contributed by atoms with van der Waals surface area (Å²) in [6.45, 7) is 6.08. The number of aromatic amines is 1. The summed E-state index contributed by atoms with van der Waals surface area (Å²) in [6, 6.07) is 9.95. The number of benzene rings is 1. The normalized spacial score (nSPS) is 10.1. The molecular formula is C16H17ClN2. The molecule has 3 rings (SSSR count). The lowest BCUT2D eigenvalue weighted by Crippen LogP contribution is -1.82. The van der Waals surface area contributed by atoms with Crippen LogP contribution in [-0.4, -0.2) is 9.97 Å². The number of hydrogen-bond donors (Lipinski definition) is 1. The van der Waals surface area contributed by atoms with Gasteiger partial charge in [-0.2, -0.15) is 0 Å². The van der Waals surface area contributed by atoms with Crippen LogP contribution < -0.4 is 0 Å². The van der Waals surface area contributed by atoms with Gasteiger partial charge in [0, 0.05) is 28.4 Å². The van der Waals surface area contributed by atoms with Gasteiger partial charge in [0.25, 0.3) is 0 Å². The van der Waals surface area contributed by atoms with Crippen molar-refractivity contribution in [2.24, 2.45) is 0 Å². The van der Waals surface area contributed by atoms with E-state index in [1.165, 1.54) is 5.56 Å². The quantitative estimate of drug-likeness (QED) is 0.646. The van der Waals surface area contributed by atoms with E-state index in [1.54, 1.807) is 0 Å². The molecule has 2 heterocycles. The number of aryl methyl sites for hydroxylation is 1. The molecule has 0 unspecified atom stereocenters. The van der Waals surface area contributed by atoms with E-state index in [-0.39, 0.29) is 0 Å². The third kappa shape index (κ3) is 2.79. The molecule has 0 radical (unpaired) electrons. The molecule has 0 spiro atoms. The number of H-pyrrole nitrogens is 1. The molecule has 19 heavy (non-hydrogen) atoms. The number of rotatable bonds is 1. The van der Waals surface area contributed by atoms with Gasteiger partial charge in [-0.25, -0.2) is 4.98 Å². The summed E-state index contributed by atoms with van der Waals surface area (Å²) >= 11 is 5.88. The maximum atomic E-state index is 5.88. The highest BCUT2D eigenvalue weighted by molar-refractivity contribution is 6.30. The van der Waals surface area contributed by atoms with E-state index in [4.69, 9.17) is 11.6 Å². The highest BCUT2D eigenvalue weighted by atomic mass is 35.5. The molecule has 0 amide bonds. The first-order valence-corrected chi connectivity index (χ1v) is 6.81. The fourth-order valence-corrected chi connectivity index (χ4v) is 2.06. The number of pyridine rings is 1. The fraction of sp³-hybridized carbons (Fsp3) is 0.188. The second-order valence-corrected chi connectivity index (χ2v) is 4.54. The number of nitrogens with one attached hydrogen (secondary N) is 1. The van der Waals surface area contributed by atoms with E-state index < -0.39 is 0 Å². The van der Waals surface area contributed by atoms with Gasteiger partial charge < -0.3 is 4.98 Å². The van der Waals surface area contributed by atoms with Gasteiger partial charge in [-0.3, -0.25) is 0 Å². The Balaban J connectivity index is 0.000000637. The lowest BCUT2D eigenvalue weighted by atomic mass is 10.1. The Morgan fingerprint density at radius 1 is 1.05 bits per heavy atom. The predicted molar refractivity (Wildman–Crippen MR) is 82.6 cm³/mol. The van der Waals surface area contributed by atoms with Crippen molar-refractivity contribution in [3.63, 3.8) is 0 Å². The minimum atomic E-state index is 0.751. The van der Waals surface area contributed by atoms with Gasteiger partial charge in [0.1, 0.15) is 5.65 Å². The van der Waals surface area contributed by atoms with Crippen molar-refractivity contribution in [3.8, 4) is 11.1 Å². The second kappa shape index (κ2) is 5.89. The molecule has 0 aliphatic rings. The number of aromatic nitrogens is 2. The van der Waals surface area contributed by atoms with Crippen molar-refractivity contribution in [2.75, 3.05) is 0 Å². The Bertz CT molecular complexity index is 669. The summed E-state index contributed by atoms with van der Waals surface area (Å²) in [5.74, 6) is 0. The van der Waals surface area contributed by atoms with E-state index in [1.807, 2.05) is 50.5 Å². The smallest absolute Gasteiger partial charge is 0.137 e. The van der Waals surface area contributed by atoms with Gasteiger partial charge in [-0.1, -0.05) is 37.6 Å². The monoisotopic (exact) mass is 272 g/mol. The first kappa shape index (κ1) is 13.6. The molecule has 1 aromatic carbocycles. The molecule has 1 N–H and O–H groups in total. The van der Waals surface area contributed by atoms with Gasteiger partial charge in [-0.15, -0.1) is 0 Å². The van der Waals surface area contributed by atoms with Gasteiger partial charge in [0.2, 0.25) is 0 Å². The van der Waals surface area contributed by atoms with Gasteiger partial charge in [-0.05, 0) is 36.2 Å². The zero-order valence-corrected chi connectivity index (χ0v) is 12.1. The van der Waals surface area contributed by atoms with Gasteiger partial charge in [0.05, 0.1) is 0 Å². The summed E-state index contributed by atoms with van der Waals surface area (Å²) in [5.41, 5.74) is 4.38. The molecule has 3 aromatic rings. The van der Waals surface area contributed by atoms with Crippen LogP contribution in [0.5, 0.6) is 0 Å². The molecule has 0 saturated heterocycles. The Morgan fingerprint density at radius 3 is 2.42 bits per heavy atom. The Kier molecular flexibility index (Phi) is 4.23. The zero-order chi connectivity index (χ0) is 13.8. The number of nitrogens with zero attached hydrogens (tertiary/aromatic N) is 1. The molecule has 0 saturated carbocycles. The Hall–Kier alpha value is -1.80. The minimum absolute atomic E-state index is 0.751. The number of hydrogen-bond acceptors (Lipinski definition) is 1. The summed E-state index contributed by atoms with van der Waals surface area (Å²) in [6.07, 6.45) is 3.85. The van der Waals surface area contributed by atoms with E-state index in [9.17, 15) is 0 Å².